The number of hydrogen-bond donors (Lipinski definition) is 1. The second-order valence-electron chi connectivity index (χ2n) is 6.71. The van der Waals surface area contributed by atoms with E-state index in [1.807, 2.05) is 0 Å². The molecule has 140 valence electrons. The van der Waals surface area contributed by atoms with Gasteiger partial charge in [0.2, 0.25) is 11.8 Å². The van der Waals surface area contributed by atoms with E-state index in [0.717, 1.165) is 19.3 Å². The maximum atomic E-state index is 12.4. The molecule has 0 saturated carbocycles. The van der Waals surface area contributed by atoms with Crippen molar-refractivity contribution in [1.82, 2.24) is 4.90 Å². The first-order valence-corrected chi connectivity index (χ1v) is 9.25. The first kappa shape index (κ1) is 18.3. The van der Waals surface area contributed by atoms with E-state index in [2.05, 4.69) is 11.4 Å². The molecular formula is C20H26N2O4. The molecule has 0 atom stereocenters. The molecule has 1 aliphatic heterocycles. The summed E-state index contributed by atoms with van der Waals surface area (Å²) in [5, 5.41) is 2.83. The predicted molar refractivity (Wildman–Crippen MR) is 99.5 cm³/mol. The maximum absolute atomic E-state index is 12.4. The topological polar surface area (TPSA) is 67.9 Å². The number of allylic oxidation sites excluding steroid dienone is 1. The van der Waals surface area contributed by atoms with E-state index >= 15 is 0 Å². The van der Waals surface area contributed by atoms with Crippen LogP contribution in [-0.2, 0) is 9.59 Å². The molecule has 0 bridgehead atoms. The Morgan fingerprint density at radius 2 is 1.96 bits per heavy atom. The van der Waals surface area contributed by atoms with Crippen molar-refractivity contribution in [3.63, 3.8) is 0 Å². The molecule has 1 aliphatic carbocycles. The number of anilines is 1. The monoisotopic (exact) mass is 358 g/mol. The van der Waals surface area contributed by atoms with E-state index in [0.29, 0.717) is 36.9 Å². The predicted octanol–water partition coefficient (Wildman–Crippen LogP) is 3.14. The van der Waals surface area contributed by atoms with Crippen LogP contribution in [0, 0.1) is 0 Å². The molecular weight excluding hydrogens is 332 g/mol. The van der Waals surface area contributed by atoms with Crippen molar-refractivity contribution in [2.75, 3.05) is 31.6 Å². The minimum atomic E-state index is -0.213. The molecule has 0 aromatic heterocycles. The average molecular weight is 358 g/mol. The molecule has 1 aromatic carbocycles. The van der Waals surface area contributed by atoms with Crippen molar-refractivity contribution < 1.29 is 19.1 Å². The lowest BCUT2D eigenvalue weighted by atomic mass is 9.97. The summed E-state index contributed by atoms with van der Waals surface area (Å²) in [7, 11) is 0. The van der Waals surface area contributed by atoms with E-state index in [9.17, 15) is 9.59 Å². The first-order chi connectivity index (χ1) is 12.6. The quantitative estimate of drug-likeness (QED) is 0.794. The van der Waals surface area contributed by atoms with Crippen LogP contribution in [0.1, 0.15) is 39.0 Å². The second-order valence-corrected chi connectivity index (χ2v) is 6.71. The molecule has 2 amide bonds. The molecule has 2 aliphatic rings. The lowest BCUT2D eigenvalue weighted by Crippen LogP contribution is -2.37. The number of nitrogens with one attached hydrogen (secondary N) is 1. The van der Waals surface area contributed by atoms with Gasteiger partial charge in [0.05, 0.1) is 6.54 Å². The van der Waals surface area contributed by atoms with Crippen LogP contribution >= 0.6 is 0 Å². The molecule has 1 N–H and O–H groups in total. The summed E-state index contributed by atoms with van der Waals surface area (Å²) >= 11 is 0. The molecule has 0 unspecified atom stereocenters. The largest absolute Gasteiger partial charge is 0.486 e. The summed E-state index contributed by atoms with van der Waals surface area (Å²) in [5.74, 6) is 1.01. The van der Waals surface area contributed by atoms with Gasteiger partial charge in [-0.2, -0.15) is 0 Å². The van der Waals surface area contributed by atoms with Crippen LogP contribution in [-0.4, -0.2) is 43.0 Å². The van der Waals surface area contributed by atoms with Crippen LogP contribution in [0.15, 0.2) is 29.8 Å². The van der Waals surface area contributed by atoms with E-state index in [1.165, 1.54) is 25.3 Å². The summed E-state index contributed by atoms with van der Waals surface area (Å²) in [5.41, 5.74) is 2.03. The van der Waals surface area contributed by atoms with Gasteiger partial charge >= 0.3 is 0 Å². The van der Waals surface area contributed by atoms with Gasteiger partial charge in [-0.3, -0.25) is 9.59 Å². The molecule has 1 heterocycles. The van der Waals surface area contributed by atoms with E-state index in [-0.39, 0.29) is 18.4 Å². The molecule has 0 spiro atoms. The van der Waals surface area contributed by atoms with Crippen molar-refractivity contribution in [3.8, 4) is 11.5 Å². The van der Waals surface area contributed by atoms with Crippen LogP contribution in [0.2, 0.25) is 0 Å². The lowest BCUT2D eigenvalue weighted by molar-refractivity contribution is -0.132. The van der Waals surface area contributed by atoms with Crippen LogP contribution in [0.25, 0.3) is 0 Å². The van der Waals surface area contributed by atoms with Crippen LogP contribution in [0.5, 0.6) is 11.5 Å². The lowest BCUT2D eigenvalue weighted by Gasteiger charge is -2.23. The highest BCUT2D eigenvalue weighted by atomic mass is 16.6. The molecule has 26 heavy (non-hydrogen) atoms. The van der Waals surface area contributed by atoms with Crippen molar-refractivity contribution in [3.05, 3.63) is 29.8 Å². The van der Waals surface area contributed by atoms with Crippen molar-refractivity contribution >= 4 is 17.5 Å². The summed E-state index contributed by atoms with van der Waals surface area (Å²) in [6.45, 7) is 3.17. The highest BCUT2D eigenvalue weighted by Gasteiger charge is 2.16. The summed E-state index contributed by atoms with van der Waals surface area (Å²) in [6.07, 6.45) is 7.82. The Morgan fingerprint density at radius 3 is 2.69 bits per heavy atom. The average Bonchev–Trinajstić information content (AvgIpc) is 2.65. The third-order valence-corrected chi connectivity index (χ3v) is 4.69. The smallest absolute Gasteiger partial charge is 0.243 e. The second kappa shape index (κ2) is 8.74. The van der Waals surface area contributed by atoms with E-state index in [1.54, 1.807) is 23.1 Å². The third kappa shape index (κ3) is 5.00. The SMILES string of the molecule is CC(=O)N(CCC1=CCCCC1)CC(=O)Nc1ccc2c(c1)OCCO2. The van der Waals surface area contributed by atoms with Gasteiger partial charge in [-0.05, 0) is 44.2 Å². The summed E-state index contributed by atoms with van der Waals surface area (Å²) < 4.78 is 11.0. The van der Waals surface area contributed by atoms with Crippen LogP contribution < -0.4 is 14.8 Å². The zero-order valence-electron chi connectivity index (χ0n) is 15.3. The van der Waals surface area contributed by atoms with Gasteiger partial charge in [0.1, 0.15) is 13.2 Å². The number of amides is 2. The van der Waals surface area contributed by atoms with Gasteiger partial charge in [-0.25, -0.2) is 0 Å². The third-order valence-electron chi connectivity index (χ3n) is 4.69. The van der Waals surface area contributed by atoms with Gasteiger partial charge in [0.25, 0.3) is 0 Å². The van der Waals surface area contributed by atoms with Gasteiger partial charge in [0, 0.05) is 25.2 Å². The van der Waals surface area contributed by atoms with Crippen molar-refractivity contribution in [1.29, 1.82) is 0 Å². The Morgan fingerprint density at radius 1 is 1.15 bits per heavy atom. The molecule has 1 aromatic rings. The Balaban J connectivity index is 1.54. The van der Waals surface area contributed by atoms with Crippen LogP contribution in [0.4, 0.5) is 5.69 Å². The Labute approximate surface area is 154 Å². The number of fused-ring (bicyclic) bond motifs is 1. The fourth-order valence-electron chi connectivity index (χ4n) is 3.25. The van der Waals surface area contributed by atoms with E-state index < -0.39 is 0 Å². The fourth-order valence-corrected chi connectivity index (χ4v) is 3.25. The summed E-state index contributed by atoms with van der Waals surface area (Å²) in [6, 6.07) is 5.30. The molecule has 0 saturated heterocycles. The Hall–Kier alpha value is -2.50. The molecule has 6 nitrogen and oxygen atoms in total. The van der Waals surface area contributed by atoms with Gasteiger partial charge in [0.15, 0.2) is 11.5 Å². The highest BCUT2D eigenvalue weighted by Crippen LogP contribution is 2.32. The zero-order chi connectivity index (χ0) is 18.4. The number of carbonyl (C=O) groups is 2. The minimum Gasteiger partial charge on any atom is -0.486 e. The fraction of sp³-hybridized carbons (Fsp3) is 0.500. The van der Waals surface area contributed by atoms with Gasteiger partial charge in [-0.1, -0.05) is 11.6 Å². The standard InChI is InChI=1S/C20H26N2O4/c1-15(23)22(10-9-16-5-3-2-4-6-16)14-20(24)21-17-7-8-18-19(13-17)26-12-11-25-18/h5,7-8,13H,2-4,6,9-12,14H2,1H3,(H,21,24). The Bertz CT molecular complexity index is 699. The first-order valence-electron chi connectivity index (χ1n) is 9.25. The number of rotatable bonds is 6. The number of carbonyl (C=O) groups excluding carboxylic acids is 2. The maximum Gasteiger partial charge on any atom is 0.243 e. The number of benzene rings is 1. The van der Waals surface area contributed by atoms with E-state index in [4.69, 9.17) is 9.47 Å². The summed E-state index contributed by atoms with van der Waals surface area (Å²) in [4.78, 5) is 25.8. The van der Waals surface area contributed by atoms with Crippen LogP contribution in [0.3, 0.4) is 0 Å². The highest BCUT2D eigenvalue weighted by molar-refractivity contribution is 5.94. The van der Waals surface area contributed by atoms with Gasteiger partial charge < -0.3 is 19.7 Å². The number of nitrogens with zero attached hydrogens (tertiary/aromatic N) is 1. The normalized spacial score (nSPS) is 15.8. The zero-order valence-corrected chi connectivity index (χ0v) is 15.3. The minimum absolute atomic E-state index is 0.0526. The van der Waals surface area contributed by atoms with Crippen molar-refractivity contribution in [2.24, 2.45) is 0 Å². The number of hydrogen-bond acceptors (Lipinski definition) is 4. The number of ether oxygens (including phenoxy) is 2. The molecule has 3 rings (SSSR count). The molecule has 6 heteroatoms. The molecule has 0 fully saturated rings. The van der Waals surface area contributed by atoms with Crippen molar-refractivity contribution in [2.45, 2.75) is 39.0 Å². The van der Waals surface area contributed by atoms with Gasteiger partial charge in [-0.15, -0.1) is 0 Å². The Kier molecular flexibility index (Phi) is 6.15. The molecule has 0 radical (unpaired) electrons.